The molecule has 0 aromatic heterocycles. The zero-order valence-electron chi connectivity index (χ0n) is 9.39. The quantitative estimate of drug-likeness (QED) is 0.754. The Balaban J connectivity index is 2.91. The first kappa shape index (κ1) is 14.9. The number of halogens is 2. The predicted molar refractivity (Wildman–Crippen MR) is 62.6 cm³/mol. The molecule has 0 aliphatic carbocycles. The van der Waals surface area contributed by atoms with Crippen molar-refractivity contribution >= 4 is 29.4 Å². The van der Waals surface area contributed by atoms with Gasteiger partial charge in [0.1, 0.15) is 11.9 Å². The van der Waals surface area contributed by atoms with Crippen molar-refractivity contribution in [3.05, 3.63) is 34.6 Å². The number of hydrogen-bond acceptors (Lipinski definition) is 3. The first-order valence-electron chi connectivity index (χ1n) is 5.02. The summed E-state index contributed by atoms with van der Waals surface area (Å²) < 4.78 is 13.1. The Morgan fingerprint density at radius 1 is 1.32 bits per heavy atom. The summed E-state index contributed by atoms with van der Waals surface area (Å²) in [7, 11) is 0. The van der Waals surface area contributed by atoms with Gasteiger partial charge in [0, 0.05) is 0 Å². The van der Waals surface area contributed by atoms with Crippen molar-refractivity contribution in [1.29, 1.82) is 0 Å². The minimum absolute atomic E-state index is 0.265. The lowest BCUT2D eigenvalue weighted by molar-refractivity contribution is -0.145. The number of aliphatic carboxylic acids is 2. The highest BCUT2D eigenvalue weighted by molar-refractivity contribution is 6.34. The average molecular weight is 290 g/mol. The third-order valence-corrected chi connectivity index (χ3v) is 2.56. The van der Waals surface area contributed by atoms with E-state index in [0.717, 1.165) is 6.07 Å². The smallest absolute Gasteiger partial charge is 0.326 e. The van der Waals surface area contributed by atoms with Crippen LogP contribution in [0.25, 0.3) is 0 Å². The van der Waals surface area contributed by atoms with E-state index in [2.05, 4.69) is 0 Å². The van der Waals surface area contributed by atoms with Gasteiger partial charge in [0.15, 0.2) is 0 Å². The normalized spacial score (nSPS) is 11.7. The third-order valence-electron chi connectivity index (χ3n) is 2.18. The summed E-state index contributed by atoms with van der Waals surface area (Å²) in [4.78, 5) is 32.9. The van der Waals surface area contributed by atoms with Gasteiger partial charge in [-0.15, -0.1) is 0 Å². The van der Waals surface area contributed by atoms with Crippen molar-refractivity contribution in [2.24, 2.45) is 0 Å². The van der Waals surface area contributed by atoms with Gasteiger partial charge in [-0.2, -0.15) is 0 Å². The summed E-state index contributed by atoms with van der Waals surface area (Å²) in [5, 5.41) is 18.8. The molecule has 102 valence electrons. The lowest BCUT2D eigenvalue weighted by Crippen LogP contribution is -2.42. The van der Waals surface area contributed by atoms with E-state index >= 15 is 0 Å². The molecule has 0 fully saturated rings. The Hall–Kier alpha value is -2.15. The SMILES string of the molecule is O=C(O)CC(NC(=O)c1cccc(F)c1Cl)C(=O)O. The number of hydrogen-bond donors (Lipinski definition) is 3. The van der Waals surface area contributed by atoms with Crippen LogP contribution in [-0.2, 0) is 9.59 Å². The second kappa shape index (κ2) is 6.14. The molecule has 1 aromatic rings. The van der Waals surface area contributed by atoms with Crippen LogP contribution in [0.2, 0.25) is 5.02 Å². The molecule has 1 atom stereocenters. The van der Waals surface area contributed by atoms with Crippen LogP contribution < -0.4 is 5.32 Å². The summed E-state index contributed by atoms with van der Waals surface area (Å²) in [6, 6.07) is 1.83. The van der Waals surface area contributed by atoms with E-state index < -0.39 is 41.1 Å². The molecule has 0 heterocycles. The molecule has 1 rings (SSSR count). The van der Waals surface area contributed by atoms with Gasteiger partial charge in [-0.3, -0.25) is 9.59 Å². The highest BCUT2D eigenvalue weighted by atomic mass is 35.5. The number of carbonyl (C=O) groups is 3. The van der Waals surface area contributed by atoms with Crippen molar-refractivity contribution in [2.45, 2.75) is 12.5 Å². The van der Waals surface area contributed by atoms with Gasteiger partial charge >= 0.3 is 11.9 Å². The molecule has 3 N–H and O–H groups in total. The minimum atomic E-state index is -1.62. The second-order valence-corrected chi connectivity index (χ2v) is 3.94. The van der Waals surface area contributed by atoms with Crippen LogP contribution in [0.15, 0.2) is 18.2 Å². The molecule has 0 saturated heterocycles. The Morgan fingerprint density at radius 2 is 1.95 bits per heavy atom. The van der Waals surface area contributed by atoms with Crippen LogP contribution >= 0.6 is 11.6 Å². The Kier molecular flexibility index (Phi) is 4.82. The molecule has 8 heteroatoms. The van der Waals surface area contributed by atoms with Crippen LogP contribution in [0.5, 0.6) is 0 Å². The molecular formula is C11H9ClFNO5. The van der Waals surface area contributed by atoms with Crippen molar-refractivity contribution in [3.63, 3.8) is 0 Å². The number of carboxylic acids is 2. The van der Waals surface area contributed by atoms with E-state index in [1.165, 1.54) is 12.1 Å². The summed E-state index contributed by atoms with van der Waals surface area (Å²) in [6.07, 6.45) is -0.798. The van der Waals surface area contributed by atoms with Crippen molar-refractivity contribution in [1.82, 2.24) is 5.32 Å². The Labute approximate surface area is 111 Å². The van der Waals surface area contributed by atoms with Gasteiger partial charge in [-0.1, -0.05) is 17.7 Å². The van der Waals surface area contributed by atoms with Gasteiger partial charge in [0.2, 0.25) is 0 Å². The highest BCUT2D eigenvalue weighted by Crippen LogP contribution is 2.19. The van der Waals surface area contributed by atoms with Crippen LogP contribution in [0, 0.1) is 5.82 Å². The Morgan fingerprint density at radius 3 is 2.47 bits per heavy atom. The second-order valence-electron chi connectivity index (χ2n) is 3.56. The number of rotatable bonds is 5. The van der Waals surface area contributed by atoms with Crippen LogP contribution in [-0.4, -0.2) is 34.1 Å². The first-order chi connectivity index (χ1) is 8.82. The van der Waals surface area contributed by atoms with Crippen LogP contribution in [0.1, 0.15) is 16.8 Å². The lowest BCUT2D eigenvalue weighted by Gasteiger charge is -2.13. The van der Waals surface area contributed by atoms with Crippen molar-refractivity contribution in [2.75, 3.05) is 0 Å². The van der Waals surface area contributed by atoms with E-state index in [1.54, 1.807) is 0 Å². The van der Waals surface area contributed by atoms with Crippen molar-refractivity contribution in [3.8, 4) is 0 Å². The van der Waals surface area contributed by atoms with E-state index in [0.29, 0.717) is 0 Å². The van der Waals surface area contributed by atoms with Gasteiger partial charge in [0.05, 0.1) is 17.0 Å². The van der Waals surface area contributed by atoms with Gasteiger partial charge in [-0.05, 0) is 12.1 Å². The Bertz CT molecular complexity index is 534. The molecule has 1 aromatic carbocycles. The molecule has 0 spiro atoms. The van der Waals surface area contributed by atoms with Gasteiger partial charge in [0.25, 0.3) is 5.91 Å². The molecule has 6 nitrogen and oxygen atoms in total. The highest BCUT2D eigenvalue weighted by Gasteiger charge is 2.24. The molecule has 19 heavy (non-hydrogen) atoms. The molecule has 0 aliphatic heterocycles. The maximum absolute atomic E-state index is 13.1. The molecule has 1 amide bonds. The van der Waals surface area contributed by atoms with Gasteiger partial charge < -0.3 is 15.5 Å². The first-order valence-corrected chi connectivity index (χ1v) is 5.40. The number of nitrogens with one attached hydrogen (secondary N) is 1. The summed E-state index contributed by atoms with van der Waals surface area (Å²) in [6.45, 7) is 0. The summed E-state index contributed by atoms with van der Waals surface area (Å²) in [5.74, 6) is -4.70. The lowest BCUT2D eigenvalue weighted by atomic mass is 10.1. The molecule has 0 saturated carbocycles. The number of amides is 1. The molecular weight excluding hydrogens is 281 g/mol. The maximum atomic E-state index is 13.1. The average Bonchev–Trinajstić information content (AvgIpc) is 2.31. The minimum Gasteiger partial charge on any atom is -0.481 e. The number of benzene rings is 1. The monoisotopic (exact) mass is 289 g/mol. The molecule has 0 aliphatic rings. The standard InChI is InChI=1S/C11H9ClFNO5/c12-9-5(2-1-3-6(9)13)10(17)14-7(11(18)19)4-8(15)16/h1-3,7H,4H2,(H,14,17)(H,15,16)(H,18,19). The molecule has 1 unspecified atom stereocenters. The van der Waals surface area contributed by atoms with E-state index in [9.17, 15) is 18.8 Å². The fraction of sp³-hybridized carbons (Fsp3) is 0.182. The predicted octanol–water partition coefficient (Wildman–Crippen LogP) is 1.14. The zero-order chi connectivity index (χ0) is 14.6. The van der Waals surface area contributed by atoms with Crippen molar-refractivity contribution < 1.29 is 29.0 Å². The summed E-state index contributed by atoms with van der Waals surface area (Å²) in [5.41, 5.74) is -0.265. The zero-order valence-corrected chi connectivity index (χ0v) is 10.1. The maximum Gasteiger partial charge on any atom is 0.326 e. The summed E-state index contributed by atoms with van der Waals surface area (Å²) >= 11 is 5.56. The van der Waals surface area contributed by atoms with Crippen LogP contribution in [0.4, 0.5) is 4.39 Å². The van der Waals surface area contributed by atoms with Crippen LogP contribution in [0.3, 0.4) is 0 Å². The number of carboxylic acid groups (broad SMARTS) is 2. The van der Waals surface area contributed by atoms with E-state index in [-0.39, 0.29) is 5.56 Å². The largest absolute Gasteiger partial charge is 0.481 e. The topological polar surface area (TPSA) is 104 Å². The molecule has 0 radical (unpaired) electrons. The fourth-order valence-electron chi connectivity index (χ4n) is 1.29. The van der Waals surface area contributed by atoms with E-state index in [4.69, 9.17) is 21.8 Å². The van der Waals surface area contributed by atoms with E-state index in [1.807, 2.05) is 5.32 Å². The van der Waals surface area contributed by atoms with Gasteiger partial charge in [-0.25, -0.2) is 9.18 Å². The number of carbonyl (C=O) groups excluding carboxylic acids is 1. The third kappa shape index (κ3) is 3.92. The fourth-order valence-corrected chi connectivity index (χ4v) is 1.50. The molecule has 0 bridgehead atoms.